The van der Waals surface area contributed by atoms with Crippen molar-refractivity contribution in [3.8, 4) is 0 Å². The van der Waals surface area contributed by atoms with Crippen LogP contribution in [-0.4, -0.2) is 30.1 Å². The molecular weight excluding hydrogens is 350 g/mol. The number of hydrogen-bond acceptors (Lipinski definition) is 4. The number of para-hydroxylation sites is 1. The SMILES string of the molecule is Cc1ccc(Nc2cc(C(=O)NC[C@H]3CCCO3)c3ccccc3n2)cc1C. The first-order chi connectivity index (χ1) is 13.6. The van der Waals surface area contributed by atoms with Gasteiger partial charge in [0.25, 0.3) is 5.91 Å². The van der Waals surface area contributed by atoms with Gasteiger partial charge in [0.1, 0.15) is 5.82 Å². The molecule has 0 bridgehead atoms. The molecule has 0 radical (unpaired) electrons. The molecule has 1 amide bonds. The van der Waals surface area contributed by atoms with Gasteiger partial charge in [0.15, 0.2) is 0 Å². The van der Waals surface area contributed by atoms with Gasteiger partial charge in [-0.3, -0.25) is 4.79 Å². The number of benzene rings is 2. The van der Waals surface area contributed by atoms with E-state index in [4.69, 9.17) is 4.74 Å². The average Bonchev–Trinajstić information content (AvgIpc) is 3.22. The molecule has 5 heteroatoms. The molecule has 0 aliphatic carbocycles. The summed E-state index contributed by atoms with van der Waals surface area (Å²) in [4.78, 5) is 17.6. The first-order valence-corrected chi connectivity index (χ1v) is 9.74. The number of nitrogens with one attached hydrogen (secondary N) is 2. The zero-order valence-electron chi connectivity index (χ0n) is 16.3. The van der Waals surface area contributed by atoms with Gasteiger partial charge < -0.3 is 15.4 Å². The molecule has 0 spiro atoms. The van der Waals surface area contributed by atoms with E-state index in [9.17, 15) is 4.79 Å². The van der Waals surface area contributed by atoms with Crippen molar-refractivity contribution in [2.45, 2.75) is 32.8 Å². The minimum absolute atomic E-state index is 0.0998. The number of fused-ring (bicyclic) bond motifs is 1. The van der Waals surface area contributed by atoms with Crippen LogP contribution in [0.15, 0.2) is 48.5 Å². The highest BCUT2D eigenvalue weighted by Gasteiger charge is 2.18. The Bertz CT molecular complexity index is 1010. The Hall–Kier alpha value is -2.92. The molecule has 28 heavy (non-hydrogen) atoms. The van der Waals surface area contributed by atoms with E-state index in [2.05, 4.69) is 41.6 Å². The van der Waals surface area contributed by atoms with Crippen LogP contribution in [0.3, 0.4) is 0 Å². The Morgan fingerprint density at radius 2 is 2.00 bits per heavy atom. The molecule has 3 aromatic rings. The highest BCUT2D eigenvalue weighted by Crippen LogP contribution is 2.24. The Morgan fingerprint density at radius 3 is 2.79 bits per heavy atom. The summed E-state index contributed by atoms with van der Waals surface area (Å²) in [7, 11) is 0. The highest BCUT2D eigenvalue weighted by molar-refractivity contribution is 6.07. The molecule has 2 heterocycles. The van der Waals surface area contributed by atoms with Crippen LogP contribution in [0, 0.1) is 13.8 Å². The van der Waals surface area contributed by atoms with Crippen molar-refractivity contribution in [1.82, 2.24) is 10.3 Å². The molecule has 144 valence electrons. The van der Waals surface area contributed by atoms with Crippen LogP contribution >= 0.6 is 0 Å². The number of aryl methyl sites for hydroxylation is 2. The zero-order valence-corrected chi connectivity index (χ0v) is 16.3. The van der Waals surface area contributed by atoms with E-state index in [1.165, 1.54) is 11.1 Å². The molecule has 1 aliphatic rings. The molecule has 1 saturated heterocycles. The average molecular weight is 375 g/mol. The monoisotopic (exact) mass is 375 g/mol. The van der Waals surface area contributed by atoms with Crippen molar-refractivity contribution in [3.63, 3.8) is 0 Å². The second-order valence-electron chi connectivity index (χ2n) is 7.34. The molecule has 5 nitrogen and oxygen atoms in total. The van der Waals surface area contributed by atoms with Gasteiger partial charge in [-0.05, 0) is 62.1 Å². The van der Waals surface area contributed by atoms with E-state index in [0.29, 0.717) is 17.9 Å². The minimum Gasteiger partial charge on any atom is -0.376 e. The van der Waals surface area contributed by atoms with Crippen molar-refractivity contribution < 1.29 is 9.53 Å². The van der Waals surface area contributed by atoms with E-state index < -0.39 is 0 Å². The molecular formula is C23H25N3O2. The third kappa shape index (κ3) is 3.99. The largest absolute Gasteiger partial charge is 0.376 e. The van der Waals surface area contributed by atoms with Gasteiger partial charge in [-0.25, -0.2) is 4.98 Å². The van der Waals surface area contributed by atoms with Crippen LogP contribution in [0.1, 0.15) is 34.3 Å². The fourth-order valence-corrected chi connectivity index (χ4v) is 3.50. The summed E-state index contributed by atoms with van der Waals surface area (Å²) in [6, 6.07) is 15.7. The van der Waals surface area contributed by atoms with Crippen LogP contribution in [0.2, 0.25) is 0 Å². The second kappa shape index (κ2) is 7.98. The number of carbonyl (C=O) groups is 1. The standard InChI is InChI=1S/C23H25N3O2/c1-15-9-10-17(12-16(15)2)25-22-13-20(19-7-3-4-8-21(19)26-22)23(27)24-14-18-6-5-11-28-18/h3-4,7-10,12-13,18H,5-6,11,14H2,1-2H3,(H,24,27)(H,25,26)/t18-/m1/s1. The Kier molecular flexibility index (Phi) is 5.26. The lowest BCUT2D eigenvalue weighted by atomic mass is 10.1. The number of nitrogens with zero attached hydrogens (tertiary/aromatic N) is 1. The maximum Gasteiger partial charge on any atom is 0.252 e. The molecule has 0 unspecified atom stereocenters. The number of anilines is 2. The maximum absolute atomic E-state index is 12.9. The van der Waals surface area contributed by atoms with Gasteiger partial charge in [-0.2, -0.15) is 0 Å². The molecule has 2 N–H and O–H groups in total. The number of amides is 1. The molecule has 1 aliphatic heterocycles. The summed E-state index contributed by atoms with van der Waals surface area (Å²) >= 11 is 0. The lowest BCUT2D eigenvalue weighted by Gasteiger charge is -2.14. The number of aromatic nitrogens is 1. The van der Waals surface area contributed by atoms with E-state index in [0.717, 1.165) is 36.0 Å². The molecule has 0 saturated carbocycles. The van der Waals surface area contributed by atoms with Gasteiger partial charge in [-0.15, -0.1) is 0 Å². The van der Waals surface area contributed by atoms with Gasteiger partial charge in [0, 0.05) is 24.2 Å². The molecule has 2 aromatic carbocycles. The van der Waals surface area contributed by atoms with Crippen LogP contribution in [0.4, 0.5) is 11.5 Å². The fraction of sp³-hybridized carbons (Fsp3) is 0.304. The van der Waals surface area contributed by atoms with Gasteiger partial charge in [0.2, 0.25) is 0 Å². The lowest BCUT2D eigenvalue weighted by molar-refractivity contribution is 0.0859. The van der Waals surface area contributed by atoms with Gasteiger partial charge >= 0.3 is 0 Å². The number of rotatable bonds is 5. The normalized spacial score (nSPS) is 16.3. The maximum atomic E-state index is 12.9. The van der Waals surface area contributed by atoms with E-state index >= 15 is 0 Å². The van der Waals surface area contributed by atoms with Crippen LogP contribution in [0.25, 0.3) is 10.9 Å². The van der Waals surface area contributed by atoms with Crippen molar-refractivity contribution in [1.29, 1.82) is 0 Å². The van der Waals surface area contributed by atoms with E-state index in [1.54, 1.807) is 0 Å². The molecule has 1 atom stereocenters. The van der Waals surface area contributed by atoms with Gasteiger partial charge in [-0.1, -0.05) is 24.3 Å². The summed E-state index contributed by atoms with van der Waals surface area (Å²) in [5.41, 5.74) is 4.82. The third-order valence-electron chi connectivity index (χ3n) is 5.25. The Morgan fingerprint density at radius 1 is 1.14 bits per heavy atom. The predicted molar refractivity (Wildman–Crippen MR) is 112 cm³/mol. The molecule has 4 rings (SSSR count). The zero-order chi connectivity index (χ0) is 19.5. The predicted octanol–water partition coefficient (Wildman–Crippen LogP) is 4.50. The number of pyridine rings is 1. The number of ether oxygens (including phenoxy) is 1. The van der Waals surface area contributed by atoms with Crippen LogP contribution in [-0.2, 0) is 4.74 Å². The summed E-state index contributed by atoms with van der Waals surface area (Å²) < 4.78 is 5.61. The second-order valence-corrected chi connectivity index (χ2v) is 7.34. The van der Waals surface area contributed by atoms with Crippen molar-refractivity contribution in [2.24, 2.45) is 0 Å². The van der Waals surface area contributed by atoms with Crippen LogP contribution < -0.4 is 10.6 Å². The Labute approximate surface area is 165 Å². The fourth-order valence-electron chi connectivity index (χ4n) is 3.50. The lowest BCUT2D eigenvalue weighted by Crippen LogP contribution is -2.32. The van der Waals surface area contributed by atoms with Crippen molar-refractivity contribution in [3.05, 3.63) is 65.2 Å². The minimum atomic E-state index is -0.0998. The summed E-state index contributed by atoms with van der Waals surface area (Å²) in [5.74, 6) is 0.557. The van der Waals surface area contributed by atoms with E-state index in [-0.39, 0.29) is 12.0 Å². The molecule has 1 fully saturated rings. The highest BCUT2D eigenvalue weighted by atomic mass is 16.5. The molecule has 1 aromatic heterocycles. The van der Waals surface area contributed by atoms with Gasteiger partial charge in [0.05, 0.1) is 17.2 Å². The van der Waals surface area contributed by atoms with Crippen molar-refractivity contribution >= 4 is 28.3 Å². The van der Waals surface area contributed by atoms with Crippen LogP contribution in [0.5, 0.6) is 0 Å². The topological polar surface area (TPSA) is 63.2 Å². The first kappa shape index (κ1) is 18.4. The van der Waals surface area contributed by atoms with E-state index in [1.807, 2.05) is 36.4 Å². The first-order valence-electron chi connectivity index (χ1n) is 9.74. The quantitative estimate of drug-likeness (QED) is 0.689. The number of carbonyl (C=O) groups excluding carboxylic acids is 1. The van der Waals surface area contributed by atoms with Crippen molar-refractivity contribution in [2.75, 3.05) is 18.5 Å². The summed E-state index contributed by atoms with van der Waals surface area (Å²) in [5, 5.41) is 7.21. The summed E-state index contributed by atoms with van der Waals surface area (Å²) in [6.45, 7) is 5.49. The summed E-state index contributed by atoms with van der Waals surface area (Å²) in [6.07, 6.45) is 2.17. The number of hydrogen-bond donors (Lipinski definition) is 2. The smallest absolute Gasteiger partial charge is 0.252 e. The third-order valence-corrected chi connectivity index (χ3v) is 5.25. The Balaban J connectivity index is 1.62.